The Kier molecular flexibility index (Phi) is 7.45. The number of pyridine rings is 1. The third-order valence-corrected chi connectivity index (χ3v) is 7.27. The van der Waals surface area contributed by atoms with Crippen molar-refractivity contribution in [3.05, 3.63) is 82.6 Å². The van der Waals surface area contributed by atoms with Gasteiger partial charge in [0.1, 0.15) is 5.52 Å². The number of rotatable bonds is 8. The zero-order valence-electron chi connectivity index (χ0n) is 16.5. The lowest BCUT2D eigenvalue weighted by atomic mass is 10.2. The van der Waals surface area contributed by atoms with Crippen molar-refractivity contribution in [3.63, 3.8) is 0 Å². The fourth-order valence-electron chi connectivity index (χ4n) is 3.03. The number of hydrogen-bond donors (Lipinski definition) is 0. The summed E-state index contributed by atoms with van der Waals surface area (Å²) in [5.74, 6) is 0.885. The van der Waals surface area contributed by atoms with Crippen molar-refractivity contribution in [2.45, 2.75) is 24.3 Å². The summed E-state index contributed by atoms with van der Waals surface area (Å²) in [5.41, 5.74) is 1.68. The minimum Gasteiger partial charge on any atom is -0.284 e. The average molecular weight is 488 g/mol. The van der Waals surface area contributed by atoms with E-state index in [1.165, 1.54) is 11.3 Å². The topological polar surface area (TPSA) is 46.1 Å². The van der Waals surface area contributed by atoms with E-state index in [1.807, 2.05) is 54.6 Å². The van der Waals surface area contributed by atoms with Crippen LogP contribution in [0.5, 0.6) is 0 Å². The molecule has 0 spiro atoms. The summed E-state index contributed by atoms with van der Waals surface area (Å²) in [6.45, 7) is 0.425. The lowest BCUT2D eigenvalue weighted by Crippen LogP contribution is -2.30. The summed E-state index contributed by atoms with van der Waals surface area (Å²) in [5, 5.41) is 1.97. The number of carbonyl (C=O) groups excluding carboxylic acids is 1. The van der Waals surface area contributed by atoms with E-state index >= 15 is 0 Å². The normalized spacial score (nSPS) is 11.0. The second kappa shape index (κ2) is 10.5. The number of fused-ring (bicyclic) bond motifs is 1. The highest BCUT2D eigenvalue weighted by Crippen LogP contribution is 2.34. The maximum Gasteiger partial charge on any atom is 0.229 e. The molecule has 2 aromatic heterocycles. The molecule has 0 bridgehead atoms. The van der Waals surface area contributed by atoms with Gasteiger partial charge in [0.15, 0.2) is 5.13 Å². The second-order valence-electron chi connectivity index (χ2n) is 6.83. The molecule has 158 valence electrons. The summed E-state index contributed by atoms with van der Waals surface area (Å²) in [4.78, 5) is 24.9. The first kappa shape index (κ1) is 22.1. The Balaban J connectivity index is 1.47. The van der Waals surface area contributed by atoms with Crippen LogP contribution >= 0.6 is 46.3 Å². The van der Waals surface area contributed by atoms with Gasteiger partial charge in [-0.05, 0) is 60.2 Å². The minimum atomic E-state index is 0.0377. The first-order chi connectivity index (χ1) is 15.1. The molecule has 0 radical (unpaired) electrons. The van der Waals surface area contributed by atoms with E-state index in [0.717, 1.165) is 37.9 Å². The lowest BCUT2D eigenvalue weighted by molar-refractivity contribution is -0.118. The molecule has 1 amide bonds. The molecule has 4 aromatic rings. The van der Waals surface area contributed by atoms with Gasteiger partial charge >= 0.3 is 0 Å². The van der Waals surface area contributed by atoms with E-state index in [-0.39, 0.29) is 5.91 Å². The number of benzene rings is 2. The number of carbonyl (C=O) groups is 1. The number of para-hydroxylation sites is 1. The number of thiazole rings is 1. The number of aromatic nitrogens is 2. The first-order valence-electron chi connectivity index (χ1n) is 9.73. The maximum absolute atomic E-state index is 13.2. The smallest absolute Gasteiger partial charge is 0.229 e. The quantitative estimate of drug-likeness (QED) is 0.196. The number of anilines is 1. The molecular formula is C23H19Cl2N3OS2. The van der Waals surface area contributed by atoms with Gasteiger partial charge in [0.25, 0.3) is 0 Å². The highest BCUT2D eigenvalue weighted by molar-refractivity contribution is 7.99. The maximum atomic E-state index is 13.2. The zero-order valence-corrected chi connectivity index (χ0v) is 19.6. The van der Waals surface area contributed by atoms with Gasteiger partial charge in [-0.2, -0.15) is 0 Å². The molecule has 0 aliphatic heterocycles. The van der Waals surface area contributed by atoms with Crippen LogP contribution in [-0.4, -0.2) is 21.6 Å². The van der Waals surface area contributed by atoms with Crippen LogP contribution in [0.2, 0.25) is 10.0 Å². The van der Waals surface area contributed by atoms with Crippen LogP contribution in [0.1, 0.15) is 18.4 Å². The van der Waals surface area contributed by atoms with Crippen molar-refractivity contribution < 1.29 is 4.79 Å². The van der Waals surface area contributed by atoms with Crippen LogP contribution in [0.3, 0.4) is 0 Å². The minimum absolute atomic E-state index is 0.0377. The second-order valence-corrected chi connectivity index (χ2v) is 9.85. The molecule has 31 heavy (non-hydrogen) atoms. The molecule has 0 N–H and O–H groups in total. The predicted molar refractivity (Wildman–Crippen MR) is 131 cm³/mol. The Bertz CT molecular complexity index is 1170. The van der Waals surface area contributed by atoms with E-state index in [4.69, 9.17) is 23.2 Å². The van der Waals surface area contributed by atoms with Crippen molar-refractivity contribution >= 4 is 67.6 Å². The van der Waals surface area contributed by atoms with Crippen molar-refractivity contribution in [3.8, 4) is 0 Å². The Morgan fingerprint density at radius 2 is 1.90 bits per heavy atom. The van der Waals surface area contributed by atoms with Gasteiger partial charge in [-0.15, -0.1) is 11.8 Å². The molecule has 2 aromatic carbocycles. The van der Waals surface area contributed by atoms with Gasteiger partial charge in [-0.3, -0.25) is 14.7 Å². The van der Waals surface area contributed by atoms with Crippen LogP contribution in [0.15, 0.2) is 71.9 Å². The van der Waals surface area contributed by atoms with Crippen LogP contribution in [0.25, 0.3) is 10.2 Å². The molecule has 0 atom stereocenters. The molecule has 2 heterocycles. The molecule has 0 unspecified atom stereocenters. The molecule has 0 fully saturated rings. The highest BCUT2D eigenvalue weighted by Gasteiger charge is 2.20. The van der Waals surface area contributed by atoms with Crippen LogP contribution < -0.4 is 4.90 Å². The average Bonchev–Trinajstić information content (AvgIpc) is 3.22. The molecular weight excluding hydrogens is 469 g/mol. The molecule has 8 heteroatoms. The third kappa shape index (κ3) is 5.77. The van der Waals surface area contributed by atoms with Crippen molar-refractivity contribution in [2.75, 3.05) is 10.7 Å². The van der Waals surface area contributed by atoms with Gasteiger partial charge in [-0.1, -0.05) is 46.7 Å². The van der Waals surface area contributed by atoms with Crippen molar-refractivity contribution in [2.24, 2.45) is 0 Å². The third-order valence-electron chi connectivity index (χ3n) is 4.57. The summed E-state index contributed by atoms with van der Waals surface area (Å²) < 4.78 is 0.963. The van der Waals surface area contributed by atoms with Gasteiger partial charge in [-0.25, -0.2) is 4.98 Å². The van der Waals surface area contributed by atoms with E-state index < -0.39 is 0 Å². The molecule has 0 saturated heterocycles. The Labute approximate surface area is 199 Å². The van der Waals surface area contributed by atoms with E-state index in [9.17, 15) is 4.79 Å². The standard InChI is InChI=1S/C23H19Cl2N3OS2/c24-17-8-10-18(11-9-17)30-13-3-7-21(29)28(15-16-4-2-12-26-14-16)23-27-22-19(25)5-1-6-20(22)31-23/h1-2,4-6,8-12,14H,3,7,13,15H2. The number of thioether (sulfide) groups is 1. The molecule has 4 rings (SSSR count). The molecule has 0 aliphatic carbocycles. The van der Waals surface area contributed by atoms with Gasteiger partial charge in [0.05, 0.1) is 16.3 Å². The lowest BCUT2D eigenvalue weighted by Gasteiger charge is -2.20. The fraction of sp³-hybridized carbons (Fsp3) is 0.174. The number of halogens is 2. The SMILES string of the molecule is O=C(CCCSc1ccc(Cl)cc1)N(Cc1cccnc1)c1nc2c(Cl)cccc2s1. The fourth-order valence-corrected chi connectivity index (χ4v) is 5.30. The monoisotopic (exact) mass is 487 g/mol. The summed E-state index contributed by atoms with van der Waals surface area (Å²) in [7, 11) is 0. The molecule has 0 saturated carbocycles. The Morgan fingerprint density at radius 1 is 1.06 bits per heavy atom. The van der Waals surface area contributed by atoms with Gasteiger partial charge in [0.2, 0.25) is 5.91 Å². The zero-order chi connectivity index (χ0) is 21.6. The number of amides is 1. The van der Waals surface area contributed by atoms with Crippen molar-refractivity contribution in [1.82, 2.24) is 9.97 Å². The van der Waals surface area contributed by atoms with Crippen LogP contribution in [0, 0.1) is 0 Å². The summed E-state index contributed by atoms with van der Waals surface area (Å²) in [6, 6.07) is 17.3. The van der Waals surface area contributed by atoms with Gasteiger partial charge in [0, 0.05) is 28.7 Å². The van der Waals surface area contributed by atoms with Crippen LogP contribution in [0.4, 0.5) is 5.13 Å². The summed E-state index contributed by atoms with van der Waals surface area (Å²) >= 11 is 15.4. The van der Waals surface area contributed by atoms with Crippen molar-refractivity contribution in [1.29, 1.82) is 0 Å². The Morgan fingerprint density at radius 3 is 2.65 bits per heavy atom. The molecule has 4 nitrogen and oxygen atoms in total. The highest BCUT2D eigenvalue weighted by atomic mass is 35.5. The first-order valence-corrected chi connectivity index (χ1v) is 12.3. The molecule has 0 aliphatic rings. The largest absolute Gasteiger partial charge is 0.284 e. The Hall–Kier alpha value is -2.12. The van der Waals surface area contributed by atoms with E-state index in [1.54, 1.807) is 29.1 Å². The predicted octanol–water partition coefficient (Wildman–Crippen LogP) is 7.10. The summed E-state index contributed by atoms with van der Waals surface area (Å²) in [6.07, 6.45) is 4.70. The van der Waals surface area contributed by atoms with E-state index in [2.05, 4.69) is 9.97 Å². The van der Waals surface area contributed by atoms with E-state index in [0.29, 0.717) is 23.1 Å². The van der Waals surface area contributed by atoms with Gasteiger partial charge < -0.3 is 0 Å². The van der Waals surface area contributed by atoms with Crippen LogP contribution in [-0.2, 0) is 11.3 Å². The number of hydrogen-bond acceptors (Lipinski definition) is 5. The number of nitrogens with zero attached hydrogens (tertiary/aromatic N) is 3.